The highest BCUT2D eigenvalue weighted by atomic mass is 127. The van der Waals surface area contributed by atoms with Gasteiger partial charge in [-0.2, -0.15) is 0 Å². The number of nitrogens with zero attached hydrogens (tertiary/aromatic N) is 2. The molecule has 0 bridgehead atoms. The first-order valence-electron chi connectivity index (χ1n) is 7.64. The second kappa shape index (κ2) is 9.78. The minimum absolute atomic E-state index is 0. The molecule has 1 atom stereocenters. The normalized spacial score (nSPS) is 23.9. The fourth-order valence-corrected chi connectivity index (χ4v) is 2.87. The molecule has 1 aliphatic carbocycles. The van der Waals surface area contributed by atoms with Crippen LogP contribution in [0.25, 0.3) is 0 Å². The van der Waals surface area contributed by atoms with Crippen LogP contribution in [-0.2, 0) is 4.74 Å². The van der Waals surface area contributed by atoms with Gasteiger partial charge in [0.15, 0.2) is 5.96 Å². The van der Waals surface area contributed by atoms with Crippen LogP contribution in [0.3, 0.4) is 0 Å². The number of nitrogens with one attached hydrogen (secondary N) is 1. The van der Waals surface area contributed by atoms with E-state index < -0.39 is 0 Å². The first-order valence-corrected chi connectivity index (χ1v) is 7.64. The molecule has 3 N–H and O–H groups in total. The number of hydrogen-bond acceptors (Lipinski definition) is 3. The molecule has 0 aromatic heterocycles. The zero-order valence-electron chi connectivity index (χ0n) is 12.5. The Morgan fingerprint density at radius 3 is 2.60 bits per heavy atom. The van der Waals surface area contributed by atoms with Gasteiger partial charge in [0, 0.05) is 25.2 Å². The first-order chi connectivity index (χ1) is 9.25. The van der Waals surface area contributed by atoms with Crippen molar-refractivity contribution >= 4 is 29.9 Å². The zero-order chi connectivity index (χ0) is 13.5. The van der Waals surface area contributed by atoms with Crippen molar-refractivity contribution in [3.05, 3.63) is 0 Å². The molecule has 2 rings (SSSR count). The number of aliphatic imine (C=N–C) groups is 1. The maximum Gasteiger partial charge on any atom is 0.188 e. The summed E-state index contributed by atoms with van der Waals surface area (Å²) < 4.78 is 5.36. The van der Waals surface area contributed by atoms with Gasteiger partial charge in [-0.1, -0.05) is 19.3 Å². The molecule has 1 saturated carbocycles. The number of rotatable bonds is 4. The Labute approximate surface area is 139 Å². The third-order valence-corrected chi connectivity index (χ3v) is 4.15. The van der Waals surface area contributed by atoms with Gasteiger partial charge in [-0.3, -0.25) is 9.89 Å². The Morgan fingerprint density at radius 1 is 1.30 bits per heavy atom. The van der Waals surface area contributed by atoms with E-state index in [9.17, 15) is 0 Å². The molecule has 5 nitrogen and oxygen atoms in total. The number of hydrogen-bond donors (Lipinski definition) is 2. The van der Waals surface area contributed by atoms with Crippen LogP contribution >= 0.6 is 24.0 Å². The van der Waals surface area contributed by atoms with E-state index in [1.54, 1.807) is 0 Å². The highest BCUT2D eigenvalue weighted by molar-refractivity contribution is 14.0. The van der Waals surface area contributed by atoms with Crippen molar-refractivity contribution in [1.82, 2.24) is 10.2 Å². The molecule has 6 heteroatoms. The summed E-state index contributed by atoms with van der Waals surface area (Å²) in [6.07, 6.45) is 6.46. The summed E-state index contributed by atoms with van der Waals surface area (Å²) in [4.78, 5) is 6.91. The van der Waals surface area contributed by atoms with E-state index in [0.717, 1.165) is 32.8 Å². The van der Waals surface area contributed by atoms with Gasteiger partial charge < -0.3 is 15.8 Å². The lowest BCUT2D eigenvalue weighted by molar-refractivity contribution is 0.0220. The van der Waals surface area contributed by atoms with Gasteiger partial charge in [0.05, 0.1) is 19.8 Å². The third-order valence-electron chi connectivity index (χ3n) is 4.15. The summed E-state index contributed by atoms with van der Waals surface area (Å²) in [5.74, 6) is 0.618. The molecule has 2 fully saturated rings. The van der Waals surface area contributed by atoms with Crippen LogP contribution < -0.4 is 11.1 Å². The van der Waals surface area contributed by atoms with E-state index in [0.29, 0.717) is 18.0 Å². The minimum Gasteiger partial charge on any atom is -0.379 e. The molecule has 0 amide bonds. The highest BCUT2D eigenvalue weighted by Gasteiger charge is 2.17. The number of nitrogens with two attached hydrogens (primary N) is 1. The van der Waals surface area contributed by atoms with Crippen LogP contribution in [-0.4, -0.2) is 55.8 Å². The summed E-state index contributed by atoms with van der Waals surface area (Å²) >= 11 is 0. The van der Waals surface area contributed by atoms with Gasteiger partial charge in [-0.25, -0.2) is 0 Å². The second-order valence-electron chi connectivity index (χ2n) is 5.70. The van der Waals surface area contributed by atoms with Crippen LogP contribution in [0.1, 0.15) is 39.0 Å². The summed E-state index contributed by atoms with van der Waals surface area (Å²) in [6.45, 7) is 6.67. The van der Waals surface area contributed by atoms with Crippen LogP contribution in [0, 0.1) is 0 Å². The first kappa shape index (κ1) is 18.0. The van der Waals surface area contributed by atoms with E-state index in [4.69, 9.17) is 10.5 Å². The van der Waals surface area contributed by atoms with Gasteiger partial charge in [-0.15, -0.1) is 24.0 Å². The van der Waals surface area contributed by atoms with Crippen molar-refractivity contribution in [2.45, 2.75) is 51.1 Å². The molecule has 0 radical (unpaired) electrons. The zero-order valence-corrected chi connectivity index (χ0v) is 14.8. The van der Waals surface area contributed by atoms with E-state index in [2.05, 4.69) is 22.1 Å². The largest absolute Gasteiger partial charge is 0.379 e. The summed E-state index contributed by atoms with van der Waals surface area (Å²) in [6, 6.07) is 0.979. The Balaban J connectivity index is 0.00000200. The lowest BCUT2D eigenvalue weighted by Crippen LogP contribution is -2.45. The molecule has 0 aromatic carbocycles. The number of guanidine groups is 1. The number of morpholine rings is 1. The molecule has 1 heterocycles. The molecule has 0 spiro atoms. The Kier molecular flexibility index (Phi) is 8.79. The average molecular weight is 396 g/mol. The molecular formula is C14H29IN4O. The predicted octanol–water partition coefficient (Wildman–Crippen LogP) is 1.56. The van der Waals surface area contributed by atoms with Gasteiger partial charge >= 0.3 is 0 Å². The average Bonchev–Trinajstić information content (AvgIpc) is 2.47. The molecule has 1 saturated heterocycles. The van der Waals surface area contributed by atoms with Crippen LogP contribution in [0.4, 0.5) is 0 Å². The van der Waals surface area contributed by atoms with Crippen molar-refractivity contribution in [2.24, 2.45) is 10.7 Å². The third kappa shape index (κ3) is 6.13. The van der Waals surface area contributed by atoms with Crippen molar-refractivity contribution < 1.29 is 4.74 Å². The predicted molar refractivity (Wildman–Crippen MR) is 93.8 cm³/mol. The molecule has 1 aliphatic heterocycles. The summed E-state index contributed by atoms with van der Waals surface area (Å²) in [5.41, 5.74) is 5.98. The molecular weight excluding hydrogens is 367 g/mol. The molecule has 0 aromatic rings. The van der Waals surface area contributed by atoms with E-state index >= 15 is 0 Å². The Bertz CT molecular complexity index is 289. The van der Waals surface area contributed by atoms with Crippen molar-refractivity contribution in [2.75, 3.05) is 32.8 Å². The Hall–Kier alpha value is -0.0800. The van der Waals surface area contributed by atoms with E-state index in [1.165, 1.54) is 32.1 Å². The van der Waals surface area contributed by atoms with Crippen LogP contribution in [0.2, 0.25) is 0 Å². The highest BCUT2D eigenvalue weighted by Crippen LogP contribution is 2.17. The number of ether oxygens (including phenoxy) is 1. The van der Waals surface area contributed by atoms with Gasteiger partial charge in [-0.05, 0) is 19.8 Å². The van der Waals surface area contributed by atoms with E-state index in [1.807, 2.05) is 0 Å². The topological polar surface area (TPSA) is 62.9 Å². The summed E-state index contributed by atoms with van der Waals surface area (Å²) in [7, 11) is 0. The van der Waals surface area contributed by atoms with Crippen molar-refractivity contribution in [3.8, 4) is 0 Å². The van der Waals surface area contributed by atoms with Crippen LogP contribution in [0.5, 0.6) is 0 Å². The molecule has 2 aliphatic rings. The molecule has 20 heavy (non-hydrogen) atoms. The summed E-state index contributed by atoms with van der Waals surface area (Å²) in [5, 5.41) is 3.36. The van der Waals surface area contributed by atoms with Gasteiger partial charge in [0.25, 0.3) is 0 Å². The molecule has 118 valence electrons. The maximum absolute atomic E-state index is 5.98. The fourth-order valence-electron chi connectivity index (χ4n) is 2.87. The fraction of sp³-hybridized carbons (Fsp3) is 0.929. The van der Waals surface area contributed by atoms with Crippen LogP contribution in [0.15, 0.2) is 4.99 Å². The maximum atomic E-state index is 5.98. The standard InChI is InChI=1S/C14H28N4O.HI/c1-12(18-7-9-19-10-8-18)11-16-14(15)17-13-5-3-2-4-6-13;/h12-13H,2-11H2,1H3,(H3,15,16,17);1H. The SMILES string of the molecule is CC(CN=C(N)NC1CCCCC1)N1CCOCC1.I. The van der Waals surface area contributed by atoms with Gasteiger partial charge in [0.2, 0.25) is 0 Å². The molecule has 1 unspecified atom stereocenters. The lowest BCUT2D eigenvalue weighted by Gasteiger charge is -2.31. The smallest absolute Gasteiger partial charge is 0.188 e. The monoisotopic (exact) mass is 396 g/mol. The second-order valence-corrected chi connectivity index (χ2v) is 5.70. The number of halogens is 1. The van der Waals surface area contributed by atoms with Crippen molar-refractivity contribution in [3.63, 3.8) is 0 Å². The Morgan fingerprint density at radius 2 is 1.95 bits per heavy atom. The quantitative estimate of drug-likeness (QED) is 0.430. The lowest BCUT2D eigenvalue weighted by atomic mass is 9.96. The van der Waals surface area contributed by atoms with Gasteiger partial charge in [0.1, 0.15) is 0 Å². The van der Waals surface area contributed by atoms with Crippen molar-refractivity contribution in [1.29, 1.82) is 0 Å². The minimum atomic E-state index is 0. The van der Waals surface area contributed by atoms with E-state index in [-0.39, 0.29) is 24.0 Å².